The Labute approximate surface area is 105 Å². The average Bonchev–Trinajstić information content (AvgIpc) is 2.81. The van der Waals surface area contributed by atoms with Gasteiger partial charge in [-0.3, -0.25) is 4.98 Å². The molecule has 1 aliphatic rings. The Morgan fingerprint density at radius 3 is 3.06 bits per heavy atom. The molecule has 2 aromatic rings. The summed E-state index contributed by atoms with van der Waals surface area (Å²) >= 11 is 1.92. The third-order valence-corrected chi connectivity index (χ3v) is 4.14. The van der Waals surface area contributed by atoms with Crippen molar-refractivity contribution < 1.29 is 4.74 Å². The molecule has 0 saturated carbocycles. The maximum absolute atomic E-state index is 5.77. The normalized spacial score (nSPS) is 17.8. The molecule has 0 bridgehead atoms. The van der Waals surface area contributed by atoms with E-state index < -0.39 is 0 Å². The summed E-state index contributed by atoms with van der Waals surface area (Å²) in [5.41, 5.74) is 1.42. The first-order valence-electron chi connectivity index (χ1n) is 5.68. The topological polar surface area (TPSA) is 22.1 Å². The van der Waals surface area contributed by atoms with Gasteiger partial charge in [-0.25, -0.2) is 0 Å². The van der Waals surface area contributed by atoms with Gasteiger partial charge in [0.1, 0.15) is 5.75 Å². The van der Waals surface area contributed by atoms with Gasteiger partial charge in [0, 0.05) is 22.8 Å². The molecular formula is C14H13NOS. The van der Waals surface area contributed by atoms with Crippen LogP contribution in [-0.2, 0) is 0 Å². The number of ether oxygens (including phenoxy) is 1. The van der Waals surface area contributed by atoms with Gasteiger partial charge in [-0.05, 0) is 23.8 Å². The number of rotatable bonds is 3. The Morgan fingerprint density at radius 2 is 2.18 bits per heavy atom. The predicted molar refractivity (Wildman–Crippen MR) is 69.6 cm³/mol. The summed E-state index contributed by atoms with van der Waals surface area (Å²) in [5, 5.41) is 0. The van der Waals surface area contributed by atoms with Crippen molar-refractivity contribution in [3.8, 4) is 5.75 Å². The molecule has 1 atom stereocenters. The molecule has 0 radical (unpaired) electrons. The Bertz CT molecular complexity index is 501. The third kappa shape index (κ3) is 2.29. The van der Waals surface area contributed by atoms with Gasteiger partial charge in [-0.1, -0.05) is 18.2 Å². The average molecular weight is 243 g/mol. The lowest BCUT2D eigenvalue weighted by molar-refractivity contribution is 0.297. The zero-order chi connectivity index (χ0) is 11.5. The Morgan fingerprint density at radius 1 is 1.24 bits per heavy atom. The second-order valence-corrected chi connectivity index (χ2v) is 5.11. The minimum absolute atomic E-state index is 0.497. The first-order valence-corrected chi connectivity index (χ1v) is 6.66. The van der Waals surface area contributed by atoms with Gasteiger partial charge in [0.2, 0.25) is 0 Å². The van der Waals surface area contributed by atoms with E-state index in [0.29, 0.717) is 5.92 Å². The van der Waals surface area contributed by atoms with Crippen molar-refractivity contribution in [2.75, 3.05) is 12.4 Å². The smallest absolute Gasteiger partial charge is 0.137 e. The van der Waals surface area contributed by atoms with Crippen LogP contribution in [0.2, 0.25) is 0 Å². The standard InChI is InChI=1S/C14H13NOS/c1-2-6-14-13(5-1)11(10-17-14)9-16-12-4-3-7-15-8-12/h1-8,11H,9-10H2. The van der Waals surface area contributed by atoms with Gasteiger partial charge in [0.05, 0.1) is 12.8 Å². The van der Waals surface area contributed by atoms with Gasteiger partial charge in [0.15, 0.2) is 0 Å². The van der Waals surface area contributed by atoms with E-state index in [4.69, 9.17) is 4.74 Å². The van der Waals surface area contributed by atoms with Crippen LogP contribution in [0.4, 0.5) is 0 Å². The molecule has 2 nitrogen and oxygen atoms in total. The van der Waals surface area contributed by atoms with Gasteiger partial charge in [-0.2, -0.15) is 0 Å². The minimum Gasteiger partial charge on any atom is -0.491 e. The van der Waals surface area contributed by atoms with Gasteiger partial charge in [-0.15, -0.1) is 11.8 Å². The van der Waals surface area contributed by atoms with E-state index in [9.17, 15) is 0 Å². The summed E-state index contributed by atoms with van der Waals surface area (Å²) in [6.45, 7) is 0.732. The quantitative estimate of drug-likeness (QED) is 0.825. The Kier molecular flexibility index (Phi) is 3.01. The van der Waals surface area contributed by atoms with Crippen molar-refractivity contribution >= 4 is 11.8 Å². The minimum atomic E-state index is 0.497. The van der Waals surface area contributed by atoms with Crippen LogP contribution in [0.15, 0.2) is 53.7 Å². The first kappa shape index (κ1) is 10.7. The van der Waals surface area contributed by atoms with Crippen LogP contribution in [0.1, 0.15) is 11.5 Å². The van der Waals surface area contributed by atoms with Crippen molar-refractivity contribution in [3.63, 3.8) is 0 Å². The summed E-state index contributed by atoms with van der Waals surface area (Å²) in [6.07, 6.45) is 3.52. The highest BCUT2D eigenvalue weighted by atomic mass is 32.2. The summed E-state index contributed by atoms with van der Waals surface area (Å²) in [6, 6.07) is 12.4. The predicted octanol–water partition coefficient (Wildman–Crippen LogP) is 3.35. The second-order valence-electron chi connectivity index (χ2n) is 4.05. The highest BCUT2D eigenvalue weighted by molar-refractivity contribution is 7.99. The van der Waals surface area contributed by atoms with Crippen molar-refractivity contribution in [1.82, 2.24) is 4.98 Å². The molecule has 1 aromatic heterocycles. The van der Waals surface area contributed by atoms with E-state index in [1.54, 1.807) is 12.4 Å². The molecule has 3 rings (SSSR count). The van der Waals surface area contributed by atoms with Crippen molar-refractivity contribution in [1.29, 1.82) is 0 Å². The molecule has 0 amide bonds. The van der Waals surface area contributed by atoms with Crippen LogP contribution in [0.5, 0.6) is 5.75 Å². The van der Waals surface area contributed by atoms with E-state index in [-0.39, 0.29) is 0 Å². The molecular weight excluding hydrogens is 230 g/mol. The van der Waals surface area contributed by atoms with Crippen LogP contribution >= 0.6 is 11.8 Å². The lowest BCUT2D eigenvalue weighted by atomic mass is 10.0. The highest BCUT2D eigenvalue weighted by Gasteiger charge is 2.22. The van der Waals surface area contributed by atoms with Crippen LogP contribution in [0.3, 0.4) is 0 Å². The van der Waals surface area contributed by atoms with Crippen molar-refractivity contribution in [2.24, 2.45) is 0 Å². The van der Waals surface area contributed by atoms with Gasteiger partial charge < -0.3 is 4.74 Å². The SMILES string of the molecule is c1cncc(OCC2CSc3ccccc32)c1. The highest BCUT2D eigenvalue weighted by Crippen LogP contribution is 2.39. The molecule has 0 N–H and O–H groups in total. The number of fused-ring (bicyclic) bond motifs is 1. The van der Waals surface area contributed by atoms with E-state index in [0.717, 1.165) is 18.1 Å². The molecule has 0 aliphatic carbocycles. The number of hydrogen-bond donors (Lipinski definition) is 0. The zero-order valence-corrected chi connectivity index (χ0v) is 10.2. The molecule has 0 saturated heterocycles. The maximum atomic E-state index is 5.77. The zero-order valence-electron chi connectivity index (χ0n) is 9.37. The monoisotopic (exact) mass is 243 g/mol. The number of benzene rings is 1. The largest absolute Gasteiger partial charge is 0.491 e. The maximum Gasteiger partial charge on any atom is 0.137 e. The fraction of sp³-hybridized carbons (Fsp3) is 0.214. The molecule has 0 spiro atoms. The molecule has 86 valence electrons. The van der Waals surface area contributed by atoms with E-state index in [1.165, 1.54) is 10.5 Å². The molecule has 2 heterocycles. The Balaban J connectivity index is 1.68. The fourth-order valence-corrected chi connectivity index (χ4v) is 3.23. The number of nitrogens with zero attached hydrogens (tertiary/aromatic N) is 1. The van der Waals surface area contributed by atoms with Crippen LogP contribution in [0, 0.1) is 0 Å². The Hall–Kier alpha value is -1.48. The molecule has 1 aromatic carbocycles. The lowest BCUT2D eigenvalue weighted by Gasteiger charge is -2.12. The van der Waals surface area contributed by atoms with E-state index in [1.807, 2.05) is 23.9 Å². The van der Waals surface area contributed by atoms with Gasteiger partial charge in [0.25, 0.3) is 0 Å². The summed E-state index contributed by atoms with van der Waals surface area (Å²) in [4.78, 5) is 5.44. The van der Waals surface area contributed by atoms with Crippen molar-refractivity contribution in [2.45, 2.75) is 10.8 Å². The lowest BCUT2D eigenvalue weighted by Crippen LogP contribution is -2.09. The van der Waals surface area contributed by atoms with E-state index >= 15 is 0 Å². The number of thioether (sulfide) groups is 1. The first-order chi connectivity index (χ1) is 8.43. The molecule has 17 heavy (non-hydrogen) atoms. The molecule has 0 fully saturated rings. The second kappa shape index (κ2) is 4.80. The molecule has 1 aliphatic heterocycles. The van der Waals surface area contributed by atoms with E-state index in [2.05, 4.69) is 29.2 Å². The van der Waals surface area contributed by atoms with Crippen LogP contribution < -0.4 is 4.74 Å². The number of hydrogen-bond acceptors (Lipinski definition) is 3. The summed E-state index contributed by atoms with van der Waals surface area (Å²) < 4.78 is 5.77. The molecule has 1 unspecified atom stereocenters. The van der Waals surface area contributed by atoms with Crippen LogP contribution in [-0.4, -0.2) is 17.3 Å². The van der Waals surface area contributed by atoms with Gasteiger partial charge >= 0.3 is 0 Å². The fourth-order valence-electron chi connectivity index (χ4n) is 2.00. The van der Waals surface area contributed by atoms with Crippen molar-refractivity contribution in [3.05, 3.63) is 54.4 Å². The number of aromatic nitrogens is 1. The molecule has 3 heteroatoms. The summed E-state index contributed by atoms with van der Waals surface area (Å²) in [5.74, 6) is 2.46. The number of pyridine rings is 1. The van der Waals surface area contributed by atoms with Crippen LogP contribution in [0.25, 0.3) is 0 Å². The summed E-state index contributed by atoms with van der Waals surface area (Å²) in [7, 11) is 0. The third-order valence-electron chi connectivity index (χ3n) is 2.88.